The van der Waals surface area contributed by atoms with Gasteiger partial charge in [-0.05, 0) is 36.2 Å². The first kappa shape index (κ1) is 13.7. The zero-order valence-corrected chi connectivity index (χ0v) is 11.4. The summed E-state index contributed by atoms with van der Waals surface area (Å²) in [6.45, 7) is 1.94. The van der Waals surface area contributed by atoms with Gasteiger partial charge in [0.05, 0.1) is 0 Å². The highest BCUT2D eigenvalue weighted by molar-refractivity contribution is 5.81. The van der Waals surface area contributed by atoms with Gasteiger partial charge in [-0.1, -0.05) is 24.3 Å². The molecule has 0 saturated heterocycles. The molecule has 2 aromatic carbocycles. The van der Waals surface area contributed by atoms with Crippen LogP contribution in [0, 0.1) is 18.6 Å². The zero-order valence-electron chi connectivity index (χ0n) is 11.4. The minimum Gasteiger partial charge on any atom is -0.459 e. The van der Waals surface area contributed by atoms with Crippen LogP contribution in [-0.4, -0.2) is 0 Å². The molecular weight excluding hydrogens is 274 g/mol. The Balaban J connectivity index is 2.09. The van der Waals surface area contributed by atoms with Gasteiger partial charge in [0.1, 0.15) is 17.4 Å². The molecule has 3 rings (SSSR count). The van der Waals surface area contributed by atoms with Crippen molar-refractivity contribution in [1.82, 2.24) is 5.43 Å². The van der Waals surface area contributed by atoms with E-state index < -0.39 is 17.7 Å². The molecular formula is C16H14F2N2O. The average Bonchev–Trinajstić information content (AvgIpc) is 2.89. The Hall–Kier alpha value is -2.24. The maximum Gasteiger partial charge on any atom is 0.159 e. The van der Waals surface area contributed by atoms with Crippen molar-refractivity contribution in [2.75, 3.05) is 0 Å². The highest BCUT2D eigenvalue weighted by atomic mass is 19.2. The zero-order chi connectivity index (χ0) is 15.0. The topological polar surface area (TPSA) is 51.2 Å². The lowest BCUT2D eigenvalue weighted by atomic mass is 10.0. The van der Waals surface area contributed by atoms with Crippen molar-refractivity contribution in [2.45, 2.75) is 13.0 Å². The number of furan rings is 1. The second-order valence-electron chi connectivity index (χ2n) is 4.92. The van der Waals surface area contributed by atoms with E-state index in [4.69, 9.17) is 10.3 Å². The number of aryl methyl sites for hydroxylation is 1. The van der Waals surface area contributed by atoms with Crippen LogP contribution < -0.4 is 11.3 Å². The molecule has 1 aromatic heterocycles. The maximum absolute atomic E-state index is 13.4. The third-order valence-electron chi connectivity index (χ3n) is 3.49. The van der Waals surface area contributed by atoms with E-state index >= 15 is 0 Å². The fraction of sp³-hybridized carbons (Fsp3) is 0.125. The smallest absolute Gasteiger partial charge is 0.159 e. The predicted octanol–water partition coefficient (Wildman–Crippen LogP) is 3.57. The number of benzene rings is 2. The molecule has 1 heterocycles. The first-order valence-electron chi connectivity index (χ1n) is 6.50. The monoisotopic (exact) mass is 288 g/mol. The second-order valence-corrected chi connectivity index (χ2v) is 4.92. The van der Waals surface area contributed by atoms with Crippen LogP contribution in [0.4, 0.5) is 8.78 Å². The lowest BCUT2D eigenvalue weighted by Gasteiger charge is -2.13. The van der Waals surface area contributed by atoms with E-state index in [1.165, 1.54) is 6.07 Å². The van der Waals surface area contributed by atoms with Crippen LogP contribution >= 0.6 is 0 Å². The molecule has 0 amide bonds. The number of fused-ring (bicyclic) bond motifs is 1. The molecule has 3 nitrogen and oxygen atoms in total. The largest absolute Gasteiger partial charge is 0.459 e. The van der Waals surface area contributed by atoms with E-state index in [0.717, 1.165) is 28.7 Å². The van der Waals surface area contributed by atoms with Crippen LogP contribution in [-0.2, 0) is 0 Å². The third kappa shape index (κ3) is 2.41. The quantitative estimate of drug-likeness (QED) is 0.572. The number of rotatable bonds is 3. The summed E-state index contributed by atoms with van der Waals surface area (Å²) in [5.41, 5.74) is 4.83. The number of nitrogens with two attached hydrogens (primary N) is 1. The molecule has 0 aliphatic heterocycles. The molecule has 108 valence electrons. The minimum atomic E-state index is -0.917. The van der Waals surface area contributed by atoms with Crippen LogP contribution in [0.3, 0.4) is 0 Å². The summed E-state index contributed by atoms with van der Waals surface area (Å²) in [5.74, 6) is 4.30. The molecule has 3 aromatic rings. The van der Waals surface area contributed by atoms with Gasteiger partial charge in [-0.25, -0.2) is 14.2 Å². The van der Waals surface area contributed by atoms with Gasteiger partial charge >= 0.3 is 0 Å². The van der Waals surface area contributed by atoms with Gasteiger partial charge in [0, 0.05) is 5.39 Å². The summed E-state index contributed by atoms with van der Waals surface area (Å²) in [4.78, 5) is 0. The van der Waals surface area contributed by atoms with Crippen LogP contribution in [0.25, 0.3) is 11.0 Å². The lowest BCUT2D eigenvalue weighted by Crippen LogP contribution is -2.28. The van der Waals surface area contributed by atoms with Gasteiger partial charge in [0.25, 0.3) is 0 Å². The van der Waals surface area contributed by atoms with Crippen molar-refractivity contribution in [3.8, 4) is 0 Å². The van der Waals surface area contributed by atoms with Crippen molar-refractivity contribution in [2.24, 2.45) is 5.84 Å². The SMILES string of the molecule is Cc1cccc2cc(C(NN)c3ccc(F)c(F)c3)oc12. The molecule has 21 heavy (non-hydrogen) atoms. The summed E-state index contributed by atoms with van der Waals surface area (Å²) < 4.78 is 32.2. The van der Waals surface area contributed by atoms with Crippen molar-refractivity contribution in [3.05, 3.63) is 71.0 Å². The number of halogens is 2. The molecule has 0 fully saturated rings. The predicted molar refractivity (Wildman–Crippen MR) is 76.5 cm³/mol. The second kappa shape index (κ2) is 5.27. The summed E-state index contributed by atoms with van der Waals surface area (Å²) in [6, 6.07) is 10.7. The first-order valence-corrected chi connectivity index (χ1v) is 6.50. The van der Waals surface area contributed by atoms with Gasteiger partial charge in [-0.2, -0.15) is 0 Å². The normalized spacial score (nSPS) is 12.8. The van der Waals surface area contributed by atoms with Gasteiger partial charge in [0.2, 0.25) is 0 Å². The van der Waals surface area contributed by atoms with E-state index in [1.807, 2.05) is 31.2 Å². The number of para-hydroxylation sites is 1. The van der Waals surface area contributed by atoms with Crippen LogP contribution in [0.5, 0.6) is 0 Å². The number of nitrogens with one attached hydrogen (secondary N) is 1. The standard InChI is InChI=1S/C16H14F2N2O/c1-9-3-2-4-11-8-14(21-16(9)11)15(20-19)10-5-6-12(17)13(18)7-10/h2-8,15,20H,19H2,1H3. The van der Waals surface area contributed by atoms with Crippen LogP contribution in [0.2, 0.25) is 0 Å². The fourth-order valence-electron chi connectivity index (χ4n) is 2.41. The van der Waals surface area contributed by atoms with E-state index in [2.05, 4.69) is 5.43 Å². The Kier molecular flexibility index (Phi) is 3.45. The van der Waals surface area contributed by atoms with Gasteiger partial charge in [-0.15, -0.1) is 0 Å². The molecule has 0 aliphatic carbocycles. The highest BCUT2D eigenvalue weighted by Gasteiger charge is 2.19. The molecule has 1 unspecified atom stereocenters. The van der Waals surface area contributed by atoms with E-state index in [1.54, 1.807) is 0 Å². The molecule has 0 bridgehead atoms. The Morgan fingerprint density at radius 3 is 2.57 bits per heavy atom. The van der Waals surface area contributed by atoms with Crippen molar-refractivity contribution in [1.29, 1.82) is 0 Å². The average molecular weight is 288 g/mol. The number of hydrogen-bond acceptors (Lipinski definition) is 3. The van der Waals surface area contributed by atoms with Crippen LogP contribution in [0.15, 0.2) is 46.9 Å². The molecule has 5 heteroatoms. The molecule has 0 aliphatic rings. The lowest BCUT2D eigenvalue weighted by molar-refractivity contribution is 0.469. The van der Waals surface area contributed by atoms with Gasteiger partial charge < -0.3 is 4.42 Å². The van der Waals surface area contributed by atoms with Crippen molar-refractivity contribution in [3.63, 3.8) is 0 Å². The summed E-state index contributed by atoms with van der Waals surface area (Å²) in [7, 11) is 0. The summed E-state index contributed by atoms with van der Waals surface area (Å²) >= 11 is 0. The van der Waals surface area contributed by atoms with Crippen molar-refractivity contribution >= 4 is 11.0 Å². The Morgan fingerprint density at radius 2 is 1.90 bits per heavy atom. The van der Waals surface area contributed by atoms with E-state index in [-0.39, 0.29) is 0 Å². The summed E-state index contributed by atoms with van der Waals surface area (Å²) in [5, 5.41) is 0.938. The molecule has 1 atom stereocenters. The number of hydrazine groups is 1. The van der Waals surface area contributed by atoms with Gasteiger partial charge in [0.15, 0.2) is 11.6 Å². The van der Waals surface area contributed by atoms with Crippen LogP contribution in [0.1, 0.15) is 22.9 Å². The maximum atomic E-state index is 13.4. The van der Waals surface area contributed by atoms with E-state index in [9.17, 15) is 8.78 Å². The first-order chi connectivity index (χ1) is 10.1. The van der Waals surface area contributed by atoms with E-state index in [0.29, 0.717) is 11.3 Å². The van der Waals surface area contributed by atoms with Crippen molar-refractivity contribution < 1.29 is 13.2 Å². The Labute approximate surface area is 120 Å². The number of hydrogen-bond donors (Lipinski definition) is 2. The third-order valence-corrected chi connectivity index (χ3v) is 3.49. The minimum absolute atomic E-state index is 0.494. The fourth-order valence-corrected chi connectivity index (χ4v) is 2.41. The Morgan fingerprint density at radius 1 is 1.10 bits per heavy atom. The summed E-state index contributed by atoms with van der Waals surface area (Å²) in [6.07, 6.45) is 0. The Bertz CT molecular complexity index is 798. The highest BCUT2D eigenvalue weighted by Crippen LogP contribution is 2.30. The molecule has 3 N–H and O–H groups in total. The molecule has 0 saturated carbocycles. The molecule has 0 radical (unpaired) electrons. The van der Waals surface area contributed by atoms with Gasteiger partial charge in [-0.3, -0.25) is 5.84 Å². The molecule has 0 spiro atoms.